The Hall–Kier alpha value is -1.67. The van der Waals surface area contributed by atoms with Crippen LogP contribution in [0.5, 0.6) is 11.5 Å². The summed E-state index contributed by atoms with van der Waals surface area (Å²) in [5.74, 6) is 0.778. The van der Waals surface area contributed by atoms with Gasteiger partial charge in [0.15, 0.2) is 0 Å². The topological polar surface area (TPSA) is 29.5 Å². The van der Waals surface area contributed by atoms with Gasteiger partial charge in [0.2, 0.25) is 0 Å². The highest BCUT2D eigenvalue weighted by atomic mass is 35.5. The quantitative estimate of drug-likeness (QED) is 0.790. The Balaban J connectivity index is 1.68. The summed E-state index contributed by atoms with van der Waals surface area (Å²) in [6, 6.07) is 15.3. The third kappa shape index (κ3) is 4.49. The van der Waals surface area contributed by atoms with Crippen molar-refractivity contribution < 1.29 is 9.84 Å². The lowest BCUT2D eigenvalue weighted by atomic mass is 10.1. The van der Waals surface area contributed by atoms with E-state index in [4.69, 9.17) is 16.3 Å². The number of halogens is 1. The normalized spacial score (nSPS) is 10.4. The van der Waals surface area contributed by atoms with Gasteiger partial charge in [0, 0.05) is 6.07 Å². The maximum Gasteiger partial charge on any atom is 0.134 e. The van der Waals surface area contributed by atoms with Gasteiger partial charge in [0.25, 0.3) is 0 Å². The first kappa shape index (κ1) is 13.8. The van der Waals surface area contributed by atoms with Gasteiger partial charge in [-0.15, -0.1) is 0 Å². The Morgan fingerprint density at radius 3 is 2.53 bits per heavy atom. The fraction of sp³-hybridized carbons (Fsp3) is 0.250. The molecule has 0 aliphatic carbocycles. The molecule has 1 N–H and O–H groups in total. The van der Waals surface area contributed by atoms with Crippen LogP contribution >= 0.6 is 11.6 Å². The van der Waals surface area contributed by atoms with Crippen molar-refractivity contribution >= 4 is 11.6 Å². The second-order valence-corrected chi connectivity index (χ2v) is 4.81. The van der Waals surface area contributed by atoms with E-state index in [2.05, 4.69) is 24.3 Å². The van der Waals surface area contributed by atoms with Crippen LogP contribution in [-0.4, -0.2) is 11.7 Å². The van der Waals surface area contributed by atoms with Crippen LogP contribution in [0.15, 0.2) is 48.5 Å². The molecule has 2 rings (SSSR count). The molecule has 19 heavy (non-hydrogen) atoms. The van der Waals surface area contributed by atoms with Crippen LogP contribution in [0.25, 0.3) is 0 Å². The molecule has 3 heteroatoms. The molecule has 0 fully saturated rings. The summed E-state index contributed by atoms with van der Waals surface area (Å²) in [6.07, 6.45) is 3.16. The smallest absolute Gasteiger partial charge is 0.134 e. The predicted molar refractivity (Wildman–Crippen MR) is 78.0 cm³/mol. The lowest BCUT2D eigenvalue weighted by Crippen LogP contribution is -1.98. The van der Waals surface area contributed by atoms with Gasteiger partial charge in [0.1, 0.15) is 11.5 Å². The maximum atomic E-state index is 9.29. The monoisotopic (exact) mass is 276 g/mol. The number of aryl methyl sites for hydroxylation is 1. The van der Waals surface area contributed by atoms with E-state index in [0.717, 1.165) is 19.3 Å². The summed E-state index contributed by atoms with van der Waals surface area (Å²) in [6.45, 7) is 0.661. The average molecular weight is 277 g/mol. The van der Waals surface area contributed by atoms with Crippen LogP contribution in [0.2, 0.25) is 5.02 Å². The Kier molecular flexibility index (Phi) is 5.10. The third-order valence-electron chi connectivity index (χ3n) is 2.89. The largest absolute Gasteiger partial charge is 0.506 e. The van der Waals surface area contributed by atoms with Crippen molar-refractivity contribution in [1.29, 1.82) is 0 Å². The molecule has 0 spiro atoms. The van der Waals surface area contributed by atoms with Crippen molar-refractivity contribution in [2.24, 2.45) is 0 Å². The first-order valence-electron chi connectivity index (χ1n) is 6.41. The van der Waals surface area contributed by atoms with Gasteiger partial charge in [-0.3, -0.25) is 0 Å². The molecule has 0 atom stereocenters. The molecule has 0 heterocycles. The fourth-order valence-corrected chi connectivity index (χ4v) is 2.01. The molecule has 100 valence electrons. The molecule has 0 bridgehead atoms. The fourth-order valence-electron chi connectivity index (χ4n) is 1.84. The minimum Gasteiger partial charge on any atom is -0.506 e. The van der Waals surface area contributed by atoms with Gasteiger partial charge < -0.3 is 9.84 Å². The lowest BCUT2D eigenvalue weighted by Gasteiger charge is -2.07. The SMILES string of the molecule is Oc1ccc(OCCCCc2ccccc2)cc1Cl. The summed E-state index contributed by atoms with van der Waals surface area (Å²) in [5.41, 5.74) is 1.36. The van der Waals surface area contributed by atoms with Gasteiger partial charge in [0.05, 0.1) is 11.6 Å². The number of rotatable bonds is 6. The summed E-state index contributed by atoms with van der Waals surface area (Å²) in [5, 5.41) is 9.61. The molecule has 2 aromatic rings. The molecule has 0 saturated heterocycles. The summed E-state index contributed by atoms with van der Waals surface area (Å²) in [4.78, 5) is 0. The zero-order chi connectivity index (χ0) is 13.5. The van der Waals surface area contributed by atoms with Crippen LogP contribution < -0.4 is 4.74 Å². The summed E-state index contributed by atoms with van der Waals surface area (Å²) < 4.78 is 5.58. The average Bonchev–Trinajstić information content (AvgIpc) is 2.43. The summed E-state index contributed by atoms with van der Waals surface area (Å²) in [7, 11) is 0. The van der Waals surface area contributed by atoms with Crippen molar-refractivity contribution in [3.05, 3.63) is 59.1 Å². The lowest BCUT2D eigenvalue weighted by molar-refractivity contribution is 0.306. The van der Waals surface area contributed by atoms with Crippen LogP contribution in [0, 0.1) is 0 Å². The van der Waals surface area contributed by atoms with Gasteiger partial charge in [-0.1, -0.05) is 41.9 Å². The molecule has 0 aromatic heterocycles. The van der Waals surface area contributed by atoms with E-state index in [1.54, 1.807) is 18.2 Å². The van der Waals surface area contributed by atoms with E-state index in [9.17, 15) is 5.11 Å². The van der Waals surface area contributed by atoms with E-state index in [1.165, 1.54) is 5.56 Å². The minimum atomic E-state index is 0.0816. The molecule has 0 amide bonds. The number of phenols is 1. The number of hydrogen-bond acceptors (Lipinski definition) is 2. The molecule has 0 aliphatic rings. The Morgan fingerprint density at radius 1 is 1.00 bits per heavy atom. The zero-order valence-corrected chi connectivity index (χ0v) is 11.4. The molecule has 2 aromatic carbocycles. The van der Waals surface area contributed by atoms with Crippen molar-refractivity contribution in [2.75, 3.05) is 6.61 Å². The van der Waals surface area contributed by atoms with Crippen molar-refractivity contribution in [2.45, 2.75) is 19.3 Å². The van der Waals surface area contributed by atoms with Crippen LogP contribution in [0.4, 0.5) is 0 Å². The van der Waals surface area contributed by atoms with Gasteiger partial charge >= 0.3 is 0 Å². The van der Waals surface area contributed by atoms with Gasteiger partial charge in [-0.2, -0.15) is 0 Å². The molecule has 2 nitrogen and oxygen atoms in total. The van der Waals surface area contributed by atoms with Gasteiger partial charge in [-0.25, -0.2) is 0 Å². The van der Waals surface area contributed by atoms with Crippen LogP contribution in [0.1, 0.15) is 18.4 Å². The summed E-state index contributed by atoms with van der Waals surface area (Å²) >= 11 is 5.80. The Labute approximate surface area is 118 Å². The molecule has 0 aliphatic heterocycles. The van der Waals surface area contributed by atoms with E-state index in [1.807, 2.05) is 6.07 Å². The van der Waals surface area contributed by atoms with E-state index >= 15 is 0 Å². The third-order valence-corrected chi connectivity index (χ3v) is 3.19. The standard InChI is InChI=1S/C16H17ClO2/c17-15-12-14(9-10-16(15)18)19-11-5-4-8-13-6-2-1-3-7-13/h1-3,6-7,9-10,12,18H,4-5,8,11H2. The Bertz CT molecular complexity index is 511. The molecule has 0 saturated carbocycles. The molecule has 0 radical (unpaired) electrons. The number of phenolic OH excluding ortho intramolecular Hbond substituents is 1. The predicted octanol–water partition coefficient (Wildman–Crippen LogP) is 4.45. The van der Waals surface area contributed by atoms with Crippen LogP contribution in [-0.2, 0) is 6.42 Å². The van der Waals surface area contributed by atoms with Gasteiger partial charge in [-0.05, 0) is 37.0 Å². The molecular weight excluding hydrogens is 260 g/mol. The number of unbranched alkanes of at least 4 members (excludes halogenated alkanes) is 1. The highest BCUT2D eigenvalue weighted by molar-refractivity contribution is 6.32. The first-order valence-corrected chi connectivity index (χ1v) is 6.79. The van der Waals surface area contributed by atoms with Crippen molar-refractivity contribution in [3.63, 3.8) is 0 Å². The highest BCUT2D eigenvalue weighted by Gasteiger charge is 2.00. The Morgan fingerprint density at radius 2 is 1.79 bits per heavy atom. The van der Waals surface area contributed by atoms with E-state index < -0.39 is 0 Å². The first-order chi connectivity index (χ1) is 9.25. The molecule has 0 unspecified atom stereocenters. The van der Waals surface area contributed by atoms with E-state index in [0.29, 0.717) is 17.4 Å². The maximum absolute atomic E-state index is 9.29. The van der Waals surface area contributed by atoms with Crippen LogP contribution in [0.3, 0.4) is 0 Å². The zero-order valence-electron chi connectivity index (χ0n) is 10.7. The number of benzene rings is 2. The second-order valence-electron chi connectivity index (χ2n) is 4.40. The number of ether oxygens (including phenoxy) is 1. The molecular formula is C16H17ClO2. The minimum absolute atomic E-state index is 0.0816. The van der Waals surface area contributed by atoms with Crippen molar-refractivity contribution in [1.82, 2.24) is 0 Å². The highest BCUT2D eigenvalue weighted by Crippen LogP contribution is 2.27. The number of aromatic hydroxyl groups is 1. The van der Waals surface area contributed by atoms with Crippen molar-refractivity contribution in [3.8, 4) is 11.5 Å². The number of hydrogen-bond donors (Lipinski definition) is 1. The van der Waals surface area contributed by atoms with E-state index in [-0.39, 0.29) is 5.75 Å². The second kappa shape index (κ2) is 7.05.